The van der Waals surface area contributed by atoms with E-state index in [9.17, 15) is 31.5 Å². The molecule has 154 valence electrons. The van der Waals surface area contributed by atoms with Crippen LogP contribution < -0.4 is 5.32 Å². The number of hydrogen-bond donors (Lipinski definition) is 1. The Kier molecular flexibility index (Phi) is 5.23. The molecule has 0 heterocycles. The standard InChI is InChI=1S/C21H18F5NO2/c1-20(2,27-19(29)17-15(22)4-3-5-16(17)23)18(28)12-8-6-11(7-9-12)13-10-14(13)21(24,25)26/h3-9,13-14H,10H2,1-2H3,(H,27,29)/t13-,14+/m1/s1. The molecule has 0 unspecified atom stereocenters. The fourth-order valence-electron chi connectivity index (χ4n) is 3.29. The average molecular weight is 411 g/mol. The molecular weight excluding hydrogens is 393 g/mol. The molecule has 2 aromatic carbocycles. The Labute approximate surface area is 163 Å². The highest BCUT2D eigenvalue weighted by Gasteiger charge is 2.56. The summed E-state index contributed by atoms with van der Waals surface area (Å²) in [6, 6.07) is 8.66. The third kappa shape index (κ3) is 4.31. The third-order valence-corrected chi connectivity index (χ3v) is 5.00. The van der Waals surface area contributed by atoms with Gasteiger partial charge in [0.1, 0.15) is 17.2 Å². The summed E-state index contributed by atoms with van der Waals surface area (Å²) in [5.74, 6) is -5.72. The van der Waals surface area contributed by atoms with Crippen molar-refractivity contribution in [2.75, 3.05) is 0 Å². The zero-order chi connectivity index (χ0) is 21.6. The minimum absolute atomic E-state index is 0.0204. The highest BCUT2D eigenvalue weighted by molar-refractivity contribution is 6.06. The van der Waals surface area contributed by atoms with Gasteiger partial charge < -0.3 is 5.32 Å². The number of hydrogen-bond acceptors (Lipinski definition) is 2. The van der Waals surface area contributed by atoms with Crippen LogP contribution >= 0.6 is 0 Å². The van der Waals surface area contributed by atoms with E-state index in [4.69, 9.17) is 0 Å². The highest BCUT2D eigenvalue weighted by Crippen LogP contribution is 2.56. The van der Waals surface area contributed by atoms with E-state index < -0.39 is 52.4 Å². The Morgan fingerprint density at radius 1 is 0.966 bits per heavy atom. The summed E-state index contributed by atoms with van der Waals surface area (Å²) in [5.41, 5.74) is -1.64. The van der Waals surface area contributed by atoms with Gasteiger partial charge in [-0.2, -0.15) is 13.2 Å². The lowest BCUT2D eigenvalue weighted by atomic mass is 9.91. The van der Waals surface area contributed by atoms with Crippen LogP contribution in [0.15, 0.2) is 42.5 Å². The van der Waals surface area contributed by atoms with Crippen molar-refractivity contribution < 1.29 is 31.5 Å². The van der Waals surface area contributed by atoms with Gasteiger partial charge >= 0.3 is 6.18 Å². The lowest BCUT2D eigenvalue weighted by Gasteiger charge is -2.25. The van der Waals surface area contributed by atoms with Gasteiger partial charge in [0.2, 0.25) is 0 Å². The summed E-state index contributed by atoms with van der Waals surface area (Å²) in [6.07, 6.45) is -4.22. The molecule has 0 saturated heterocycles. The molecule has 3 nitrogen and oxygen atoms in total. The minimum atomic E-state index is -4.24. The van der Waals surface area contributed by atoms with Gasteiger partial charge in [-0.25, -0.2) is 8.78 Å². The van der Waals surface area contributed by atoms with Crippen molar-refractivity contribution in [3.05, 3.63) is 70.8 Å². The number of carbonyl (C=O) groups excluding carboxylic acids is 2. The summed E-state index contributed by atoms with van der Waals surface area (Å²) >= 11 is 0. The molecule has 1 saturated carbocycles. The van der Waals surface area contributed by atoms with Crippen molar-refractivity contribution in [1.82, 2.24) is 5.32 Å². The number of rotatable bonds is 5. The molecule has 2 atom stereocenters. The van der Waals surface area contributed by atoms with Crippen molar-refractivity contribution >= 4 is 11.7 Å². The summed E-state index contributed by atoms with van der Waals surface area (Å²) in [4.78, 5) is 25.0. The number of halogens is 5. The Hall–Kier alpha value is -2.77. The first-order valence-corrected chi connectivity index (χ1v) is 8.90. The molecule has 1 amide bonds. The van der Waals surface area contributed by atoms with Crippen molar-refractivity contribution in [2.24, 2.45) is 5.92 Å². The topological polar surface area (TPSA) is 46.2 Å². The second-order valence-electron chi connectivity index (χ2n) is 7.62. The van der Waals surface area contributed by atoms with Crippen LogP contribution in [0, 0.1) is 17.6 Å². The molecule has 3 rings (SSSR count). The smallest absolute Gasteiger partial charge is 0.340 e. The molecule has 29 heavy (non-hydrogen) atoms. The Morgan fingerprint density at radius 3 is 2.00 bits per heavy atom. The molecule has 1 aliphatic carbocycles. The van der Waals surface area contributed by atoms with E-state index in [2.05, 4.69) is 5.32 Å². The zero-order valence-electron chi connectivity index (χ0n) is 15.6. The van der Waals surface area contributed by atoms with Crippen LogP contribution in [-0.4, -0.2) is 23.4 Å². The number of nitrogens with one attached hydrogen (secondary N) is 1. The van der Waals surface area contributed by atoms with E-state index in [1.54, 1.807) is 0 Å². The zero-order valence-corrected chi connectivity index (χ0v) is 15.6. The number of amides is 1. The minimum Gasteiger partial charge on any atom is -0.340 e. The van der Waals surface area contributed by atoms with Gasteiger partial charge in [-0.3, -0.25) is 9.59 Å². The second-order valence-corrected chi connectivity index (χ2v) is 7.62. The maximum atomic E-state index is 13.8. The van der Waals surface area contributed by atoms with Crippen LogP contribution in [-0.2, 0) is 0 Å². The van der Waals surface area contributed by atoms with Crippen molar-refractivity contribution in [3.63, 3.8) is 0 Å². The predicted octanol–water partition coefficient (Wildman–Crippen LogP) is 5.02. The predicted molar refractivity (Wildman–Crippen MR) is 95.6 cm³/mol. The van der Waals surface area contributed by atoms with Gasteiger partial charge in [-0.1, -0.05) is 30.3 Å². The summed E-state index contributed by atoms with van der Waals surface area (Å²) < 4.78 is 65.7. The van der Waals surface area contributed by atoms with E-state index in [-0.39, 0.29) is 12.0 Å². The van der Waals surface area contributed by atoms with E-state index in [0.29, 0.717) is 5.56 Å². The number of benzene rings is 2. The normalized spacial score (nSPS) is 19.0. The third-order valence-electron chi connectivity index (χ3n) is 5.00. The number of ketones is 1. The van der Waals surface area contributed by atoms with Gasteiger partial charge in [0.25, 0.3) is 5.91 Å². The van der Waals surface area contributed by atoms with Crippen LogP contribution in [0.5, 0.6) is 0 Å². The highest BCUT2D eigenvalue weighted by atomic mass is 19.4. The van der Waals surface area contributed by atoms with Crippen LogP contribution in [0.1, 0.15) is 52.5 Å². The van der Waals surface area contributed by atoms with Gasteiger partial charge in [-0.15, -0.1) is 0 Å². The van der Waals surface area contributed by atoms with Crippen LogP contribution in [0.4, 0.5) is 22.0 Å². The van der Waals surface area contributed by atoms with Gasteiger partial charge in [0, 0.05) is 5.56 Å². The fraction of sp³-hybridized carbons (Fsp3) is 0.333. The van der Waals surface area contributed by atoms with Gasteiger partial charge in [0.05, 0.1) is 11.5 Å². The van der Waals surface area contributed by atoms with E-state index in [1.807, 2.05) is 0 Å². The quantitative estimate of drug-likeness (QED) is 0.555. The first-order chi connectivity index (χ1) is 13.4. The van der Waals surface area contributed by atoms with Crippen LogP contribution in [0.2, 0.25) is 0 Å². The fourth-order valence-corrected chi connectivity index (χ4v) is 3.29. The number of alkyl halides is 3. The molecule has 0 radical (unpaired) electrons. The molecule has 1 N–H and O–H groups in total. The van der Waals surface area contributed by atoms with Gasteiger partial charge in [-0.05, 0) is 43.9 Å². The van der Waals surface area contributed by atoms with Crippen molar-refractivity contribution in [3.8, 4) is 0 Å². The first-order valence-electron chi connectivity index (χ1n) is 8.90. The van der Waals surface area contributed by atoms with E-state index >= 15 is 0 Å². The summed E-state index contributed by atoms with van der Waals surface area (Å²) in [6.45, 7) is 2.75. The Balaban J connectivity index is 1.73. The molecule has 0 aliphatic heterocycles. The first kappa shape index (κ1) is 21.0. The lowest BCUT2D eigenvalue weighted by molar-refractivity contribution is -0.148. The van der Waals surface area contributed by atoms with Crippen molar-refractivity contribution in [1.29, 1.82) is 0 Å². The second kappa shape index (κ2) is 7.24. The molecule has 2 aromatic rings. The Bertz CT molecular complexity index is 930. The molecule has 1 aliphatic rings. The maximum absolute atomic E-state index is 13.8. The molecule has 0 aromatic heterocycles. The average Bonchev–Trinajstić information content (AvgIpc) is 3.42. The number of Topliss-reactive ketones (excluding diaryl/α,β-unsaturated/α-hetero) is 1. The van der Waals surface area contributed by atoms with E-state index in [0.717, 1.165) is 18.2 Å². The lowest BCUT2D eigenvalue weighted by Crippen LogP contribution is -2.50. The molecule has 0 spiro atoms. The molecular formula is C21H18F5NO2. The largest absolute Gasteiger partial charge is 0.392 e. The van der Waals surface area contributed by atoms with E-state index in [1.165, 1.54) is 38.1 Å². The number of carbonyl (C=O) groups is 2. The van der Waals surface area contributed by atoms with Crippen LogP contribution in [0.25, 0.3) is 0 Å². The van der Waals surface area contributed by atoms with Gasteiger partial charge in [0.15, 0.2) is 5.78 Å². The molecule has 8 heteroatoms. The van der Waals surface area contributed by atoms with Crippen molar-refractivity contribution in [2.45, 2.75) is 37.9 Å². The Morgan fingerprint density at radius 2 is 1.52 bits per heavy atom. The molecule has 0 bridgehead atoms. The maximum Gasteiger partial charge on any atom is 0.392 e. The summed E-state index contributed by atoms with van der Waals surface area (Å²) in [7, 11) is 0. The monoisotopic (exact) mass is 411 g/mol. The SMILES string of the molecule is CC(C)(NC(=O)c1c(F)cccc1F)C(=O)c1ccc([C@H]2C[C@@H]2C(F)(F)F)cc1. The summed E-state index contributed by atoms with van der Waals surface area (Å²) in [5, 5.41) is 2.31. The van der Waals surface area contributed by atoms with Crippen LogP contribution in [0.3, 0.4) is 0 Å². The molecule has 1 fully saturated rings.